The minimum Gasteiger partial charge on any atom is -0.507 e. The van der Waals surface area contributed by atoms with Crippen molar-refractivity contribution in [1.29, 1.82) is 0 Å². The van der Waals surface area contributed by atoms with E-state index < -0.39 is 10.0 Å². The van der Waals surface area contributed by atoms with E-state index in [-0.39, 0.29) is 10.6 Å². The van der Waals surface area contributed by atoms with Crippen LogP contribution in [0.1, 0.15) is 0 Å². The molecule has 0 saturated carbocycles. The van der Waals surface area contributed by atoms with E-state index in [1.54, 1.807) is 36.4 Å². The Morgan fingerprint density at radius 3 is 2.35 bits per heavy atom. The molecule has 0 aromatic heterocycles. The van der Waals surface area contributed by atoms with Crippen molar-refractivity contribution < 1.29 is 13.5 Å². The van der Waals surface area contributed by atoms with Gasteiger partial charge in [0.2, 0.25) is 10.0 Å². The fourth-order valence-electron chi connectivity index (χ4n) is 1.56. The number of primary sulfonamides is 1. The smallest absolute Gasteiger partial charge is 0.238 e. The molecule has 5 heteroatoms. The van der Waals surface area contributed by atoms with Crippen LogP contribution in [0.25, 0.3) is 11.1 Å². The molecule has 0 atom stereocenters. The Bertz CT molecular complexity index is 650. The normalized spacial score (nSPS) is 11.4. The molecular formula is C12H11NO3S. The van der Waals surface area contributed by atoms with Gasteiger partial charge in [0.15, 0.2) is 0 Å². The molecule has 0 saturated heterocycles. The van der Waals surface area contributed by atoms with Gasteiger partial charge in [0.1, 0.15) is 5.75 Å². The Morgan fingerprint density at radius 1 is 1.00 bits per heavy atom. The summed E-state index contributed by atoms with van der Waals surface area (Å²) in [7, 11) is -3.73. The Kier molecular flexibility index (Phi) is 2.87. The molecule has 0 fully saturated rings. The topological polar surface area (TPSA) is 80.4 Å². The summed E-state index contributed by atoms with van der Waals surface area (Å²) >= 11 is 0. The predicted molar refractivity (Wildman–Crippen MR) is 64.9 cm³/mol. The minimum absolute atomic E-state index is 0.0262. The number of phenolic OH excluding ortho intramolecular Hbond substituents is 1. The summed E-state index contributed by atoms with van der Waals surface area (Å²) in [5, 5.41) is 14.7. The van der Waals surface area contributed by atoms with Gasteiger partial charge in [-0.05, 0) is 23.8 Å². The van der Waals surface area contributed by atoms with Gasteiger partial charge < -0.3 is 5.11 Å². The number of hydrogen-bond acceptors (Lipinski definition) is 3. The molecular weight excluding hydrogens is 238 g/mol. The highest BCUT2D eigenvalue weighted by atomic mass is 32.2. The highest BCUT2D eigenvalue weighted by Crippen LogP contribution is 2.29. The Hall–Kier alpha value is -1.85. The van der Waals surface area contributed by atoms with E-state index >= 15 is 0 Å². The Balaban J connectivity index is 2.59. The first kappa shape index (κ1) is 11.6. The molecule has 88 valence electrons. The number of nitrogens with two attached hydrogens (primary N) is 1. The molecule has 0 aliphatic heterocycles. The molecule has 0 aliphatic rings. The average Bonchev–Trinajstić information content (AvgIpc) is 2.29. The summed E-state index contributed by atoms with van der Waals surface area (Å²) in [5.74, 6) is 0.0964. The van der Waals surface area contributed by atoms with E-state index in [4.69, 9.17) is 5.14 Å². The zero-order valence-corrected chi connectivity index (χ0v) is 9.68. The zero-order valence-electron chi connectivity index (χ0n) is 8.87. The van der Waals surface area contributed by atoms with Crippen LogP contribution in [0.15, 0.2) is 53.4 Å². The molecule has 0 spiro atoms. The number of phenols is 1. The molecule has 4 nitrogen and oxygen atoms in total. The van der Waals surface area contributed by atoms with Crippen LogP contribution in [-0.4, -0.2) is 13.5 Å². The van der Waals surface area contributed by atoms with E-state index in [2.05, 4.69) is 0 Å². The van der Waals surface area contributed by atoms with Gasteiger partial charge in [-0.2, -0.15) is 0 Å². The van der Waals surface area contributed by atoms with Crippen LogP contribution in [0.5, 0.6) is 5.75 Å². The molecule has 0 amide bonds. The van der Waals surface area contributed by atoms with E-state index in [9.17, 15) is 13.5 Å². The molecule has 0 aliphatic carbocycles. The van der Waals surface area contributed by atoms with E-state index in [0.717, 1.165) is 0 Å². The minimum atomic E-state index is -3.73. The lowest BCUT2D eigenvalue weighted by Crippen LogP contribution is -2.11. The summed E-state index contributed by atoms with van der Waals surface area (Å²) in [6.07, 6.45) is 0. The molecule has 2 aromatic carbocycles. The predicted octanol–water partition coefficient (Wildman–Crippen LogP) is 1.71. The molecule has 2 rings (SSSR count). The number of para-hydroxylation sites is 1. The second-order valence-corrected chi connectivity index (χ2v) is 5.15. The Labute approximate surface area is 99.4 Å². The van der Waals surface area contributed by atoms with Gasteiger partial charge in [-0.15, -0.1) is 0 Å². The zero-order chi connectivity index (χ0) is 12.5. The van der Waals surface area contributed by atoms with Gasteiger partial charge >= 0.3 is 0 Å². The Morgan fingerprint density at radius 2 is 1.71 bits per heavy atom. The van der Waals surface area contributed by atoms with E-state index in [0.29, 0.717) is 11.1 Å². The molecule has 17 heavy (non-hydrogen) atoms. The molecule has 2 aromatic rings. The van der Waals surface area contributed by atoms with Crippen LogP contribution in [0.4, 0.5) is 0 Å². The first-order valence-corrected chi connectivity index (χ1v) is 6.44. The van der Waals surface area contributed by atoms with E-state index in [1.165, 1.54) is 12.1 Å². The lowest BCUT2D eigenvalue weighted by Gasteiger charge is -2.05. The van der Waals surface area contributed by atoms with Gasteiger partial charge in [-0.3, -0.25) is 0 Å². The van der Waals surface area contributed by atoms with Crippen molar-refractivity contribution in [2.45, 2.75) is 4.90 Å². The highest BCUT2D eigenvalue weighted by Gasteiger charge is 2.10. The van der Waals surface area contributed by atoms with Crippen LogP contribution < -0.4 is 5.14 Å². The molecule has 3 N–H and O–H groups in total. The number of benzene rings is 2. The SMILES string of the molecule is NS(=O)(=O)c1cccc(-c2ccccc2O)c1. The second kappa shape index (κ2) is 4.20. The van der Waals surface area contributed by atoms with Gasteiger partial charge in [0.25, 0.3) is 0 Å². The molecule has 0 radical (unpaired) electrons. The third-order valence-electron chi connectivity index (χ3n) is 2.38. The van der Waals surface area contributed by atoms with Crippen LogP contribution >= 0.6 is 0 Å². The monoisotopic (exact) mass is 249 g/mol. The van der Waals surface area contributed by atoms with E-state index in [1.807, 2.05) is 0 Å². The summed E-state index contributed by atoms with van der Waals surface area (Å²) in [6.45, 7) is 0. The summed E-state index contributed by atoms with van der Waals surface area (Å²) in [5.41, 5.74) is 1.17. The third-order valence-corrected chi connectivity index (χ3v) is 3.29. The first-order valence-electron chi connectivity index (χ1n) is 4.90. The quantitative estimate of drug-likeness (QED) is 0.850. The van der Waals surface area contributed by atoms with Crippen molar-refractivity contribution in [3.63, 3.8) is 0 Å². The van der Waals surface area contributed by atoms with Crippen molar-refractivity contribution in [3.05, 3.63) is 48.5 Å². The molecule has 0 bridgehead atoms. The number of rotatable bonds is 2. The lowest BCUT2D eigenvalue weighted by atomic mass is 10.1. The fourth-order valence-corrected chi connectivity index (χ4v) is 2.12. The fraction of sp³-hybridized carbons (Fsp3) is 0. The summed E-state index contributed by atoms with van der Waals surface area (Å²) in [6, 6.07) is 12.9. The second-order valence-electron chi connectivity index (χ2n) is 3.59. The van der Waals surface area contributed by atoms with Gasteiger partial charge in [0.05, 0.1) is 4.90 Å². The van der Waals surface area contributed by atoms with Crippen LogP contribution in [0.3, 0.4) is 0 Å². The van der Waals surface area contributed by atoms with Crippen molar-refractivity contribution in [2.24, 2.45) is 5.14 Å². The molecule has 0 heterocycles. The summed E-state index contributed by atoms with van der Waals surface area (Å²) in [4.78, 5) is 0.0262. The van der Waals surface area contributed by atoms with Crippen molar-refractivity contribution >= 4 is 10.0 Å². The number of sulfonamides is 1. The van der Waals surface area contributed by atoms with Crippen molar-refractivity contribution in [2.75, 3.05) is 0 Å². The van der Waals surface area contributed by atoms with Crippen molar-refractivity contribution in [3.8, 4) is 16.9 Å². The first-order chi connectivity index (χ1) is 7.98. The molecule has 0 unspecified atom stereocenters. The highest BCUT2D eigenvalue weighted by molar-refractivity contribution is 7.89. The number of hydrogen-bond donors (Lipinski definition) is 2. The average molecular weight is 249 g/mol. The number of aromatic hydroxyl groups is 1. The van der Waals surface area contributed by atoms with Crippen LogP contribution in [-0.2, 0) is 10.0 Å². The lowest BCUT2D eigenvalue weighted by molar-refractivity contribution is 0.477. The maximum absolute atomic E-state index is 11.2. The van der Waals surface area contributed by atoms with Crippen LogP contribution in [0.2, 0.25) is 0 Å². The maximum atomic E-state index is 11.2. The largest absolute Gasteiger partial charge is 0.507 e. The van der Waals surface area contributed by atoms with Crippen LogP contribution in [0, 0.1) is 0 Å². The van der Waals surface area contributed by atoms with Gasteiger partial charge in [0, 0.05) is 5.56 Å². The van der Waals surface area contributed by atoms with Crippen molar-refractivity contribution in [1.82, 2.24) is 0 Å². The summed E-state index contributed by atoms with van der Waals surface area (Å²) < 4.78 is 22.4. The maximum Gasteiger partial charge on any atom is 0.238 e. The third kappa shape index (κ3) is 2.46. The van der Waals surface area contributed by atoms with Gasteiger partial charge in [-0.1, -0.05) is 30.3 Å². The van der Waals surface area contributed by atoms with Gasteiger partial charge in [-0.25, -0.2) is 13.6 Å². The standard InChI is InChI=1S/C12H11NO3S/c13-17(15,16)10-5-3-4-9(8-10)11-6-1-2-7-12(11)14/h1-8,14H,(H2,13,15,16).